The predicted molar refractivity (Wildman–Crippen MR) is 113 cm³/mol. The predicted octanol–water partition coefficient (Wildman–Crippen LogP) is 4.93. The lowest BCUT2D eigenvalue weighted by atomic mass is 9.89. The van der Waals surface area contributed by atoms with E-state index in [1.807, 2.05) is 19.1 Å². The number of nitrogens with one attached hydrogen (secondary N) is 1. The van der Waals surface area contributed by atoms with Crippen molar-refractivity contribution in [2.75, 3.05) is 19.6 Å². The van der Waals surface area contributed by atoms with Gasteiger partial charge in [0.1, 0.15) is 0 Å². The van der Waals surface area contributed by atoms with Gasteiger partial charge in [-0.1, -0.05) is 12.1 Å². The number of aromatic nitrogens is 1. The number of carbonyl (C=O) groups excluding carboxylic acids is 1. The molecule has 1 N–H and O–H groups in total. The lowest BCUT2D eigenvalue weighted by Gasteiger charge is -2.32. The zero-order valence-electron chi connectivity index (χ0n) is 17.7. The van der Waals surface area contributed by atoms with Crippen LogP contribution in [0.5, 0.6) is 0 Å². The average Bonchev–Trinajstić information content (AvgIpc) is 3.57. The van der Waals surface area contributed by atoms with Crippen molar-refractivity contribution in [3.63, 3.8) is 0 Å². The van der Waals surface area contributed by atoms with E-state index in [1.54, 1.807) is 12.1 Å². The molecule has 31 heavy (non-hydrogen) atoms. The van der Waals surface area contributed by atoms with E-state index < -0.39 is 11.7 Å². The normalized spacial score (nSPS) is 18.2. The molecule has 2 aliphatic rings. The number of amides is 1. The van der Waals surface area contributed by atoms with Gasteiger partial charge in [-0.15, -0.1) is 0 Å². The second kappa shape index (κ2) is 8.99. The van der Waals surface area contributed by atoms with Gasteiger partial charge in [-0.25, -0.2) is 0 Å². The van der Waals surface area contributed by atoms with Crippen molar-refractivity contribution in [2.45, 2.75) is 51.2 Å². The van der Waals surface area contributed by atoms with E-state index in [1.165, 1.54) is 12.8 Å². The van der Waals surface area contributed by atoms with E-state index in [9.17, 15) is 18.0 Å². The van der Waals surface area contributed by atoms with E-state index >= 15 is 0 Å². The third-order valence-electron chi connectivity index (χ3n) is 6.22. The fourth-order valence-corrected chi connectivity index (χ4v) is 4.16. The highest BCUT2D eigenvalue weighted by molar-refractivity contribution is 5.95. The summed E-state index contributed by atoms with van der Waals surface area (Å²) in [5.41, 5.74) is 2.71. The maximum atomic E-state index is 12.7. The summed E-state index contributed by atoms with van der Waals surface area (Å²) in [6.07, 6.45) is -0.173. The molecule has 1 saturated heterocycles. The van der Waals surface area contributed by atoms with Gasteiger partial charge >= 0.3 is 6.18 Å². The average molecular weight is 432 g/mol. The van der Waals surface area contributed by atoms with E-state index in [0.29, 0.717) is 18.0 Å². The number of hydrogen-bond donors (Lipinski definition) is 1. The minimum atomic E-state index is -4.31. The summed E-state index contributed by atoms with van der Waals surface area (Å²) in [7, 11) is 0. The summed E-state index contributed by atoms with van der Waals surface area (Å²) in [6, 6.07) is 9.17. The third kappa shape index (κ3) is 5.64. The van der Waals surface area contributed by atoms with Gasteiger partial charge in [-0.3, -0.25) is 14.7 Å². The second-order valence-electron chi connectivity index (χ2n) is 8.78. The molecule has 1 aromatic heterocycles. The quantitative estimate of drug-likeness (QED) is 0.706. The Labute approximate surface area is 180 Å². The molecule has 0 unspecified atom stereocenters. The molecule has 1 aliphatic heterocycles. The van der Waals surface area contributed by atoms with Crippen LogP contribution in [0.2, 0.25) is 0 Å². The minimum Gasteiger partial charge on any atom is -0.352 e. The van der Waals surface area contributed by atoms with Crippen LogP contribution in [-0.4, -0.2) is 35.4 Å². The first kappa shape index (κ1) is 21.8. The Balaban J connectivity index is 1.37. The minimum absolute atomic E-state index is 0.0402. The molecular weight excluding hydrogens is 403 g/mol. The van der Waals surface area contributed by atoms with Crippen LogP contribution in [-0.2, 0) is 12.7 Å². The van der Waals surface area contributed by atoms with E-state index in [4.69, 9.17) is 4.98 Å². The SMILES string of the molecule is Cc1ccc(C(=O)NCC2CC2)c(C2CCN(Cc3ccc(C(F)(F)F)cc3)CC2)n1. The number of nitrogens with zero attached hydrogens (tertiary/aromatic N) is 2. The molecule has 2 fully saturated rings. The number of rotatable bonds is 6. The lowest BCUT2D eigenvalue weighted by Crippen LogP contribution is -2.34. The molecule has 1 aliphatic carbocycles. The van der Waals surface area contributed by atoms with E-state index in [2.05, 4.69) is 10.2 Å². The van der Waals surface area contributed by atoms with Crippen LogP contribution >= 0.6 is 0 Å². The molecule has 2 aromatic rings. The summed E-state index contributed by atoms with van der Waals surface area (Å²) < 4.78 is 38.2. The van der Waals surface area contributed by atoms with Gasteiger partial charge in [-0.05, 0) is 81.4 Å². The fraction of sp³-hybridized carbons (Fsp3) is 0.500. The van der Waals surface area contributed by atoms with Crippen LogP contribution in [0.25, 0.3) is 0 Å². The smallest absolute Gasteiger partial charge is 0.352 e. The lowest BCUT2D eigenvalue weighted by molar-refractivity contribution is -0.137. The maximum absolute atomic E-state index is 12.7. The van der Waals surface area contributed by atoms with Crippen molar-refractivity contribution in [3.8, 4) is 0 Å². The highest BCUT2D eigenvalue weighted by atomic mass is 19.4. The van der Waals surface area contributed by atoms with Crippen molar-refractivity contribution >= 4 is 5.91 Å². The zero-order valence-corrected chi connectivity index (χ0v) is 17.7. The Bertz CT molecular complexity index is 915. The van der Waals surface area contributed by atoms with Gasteiger partial charge in [0.15, 0.2) is 0 Å². The van der Waals surface area contributed by atoms with Crippen LogP contribution < -0.4 is 5.32 Å². The summed E-state index contributed by atoms with van der Waals surface area (Å²) >= 11 is 0. The Hall–Kier alpha value is -2.41. The van der Waals surface area contributed by atoms with Gasteiger partial charge in [0.05, 0.1) is 16.8 Å². The zero-order chi connectivity index (χ0) is 22.0. The van der Waals surface area contributed by atoms with Crippen molar-refractivity contribution in [3.05, 3.63) is 64.5 Å². The molecule has 7 heteroatoms. The first-order valence-electron chi connectivity index (χ1n) is 10.9. The van der Waals surface area contributed by atoms with Crippen LogP contribution in [0.3, 0.4) is 0 Å². The summed E-state index contributed by atoms with van der Waals surface area (Å²) in [5, 5.41) is 3.05. The molecule has 1 aromatic carbocycles. The maximum Gasteiger partial charge on any atom is 0.416 e. The highest BCUT2D eigenvalue weighted by Crippen LogP contribution is 2.32. The Morgan fingerprint density at radius 3 is 2.35 bits per heavy atom. The number of likely N-dealkylation sites (tertiary alicyclic amines) is 1. The number of benzene rings is 1. The van der Waals surface area contributed by atoms with Crippen LogP contribution in [0.1, 0.15) is 64.5 Å². The molecule has 4 nitrogen and oxygen atoms in total. The monoisotopic (exact) mass is 431 g/mol. The number of pyridine rings is 1. The Morgan fingerprint density at radius 1 is 1.06 bits per heavy atom. The van der Waals surface area contributed by atoms with Gasteiger partial charge in [-0.2, -0.15) is 13.2 Å². The van der Waals surface area contributed by atoms with Crippen LogP contribution in [0.4, 0.5) is 13.2 Å². The molecule has 1 amide bonds. The highest BCUT2D eigenvalue weighted by Gasteiger charge is 2.30. The first-order valence-corrected chi connectivity index (χ1v) is 10.9. The third-order valence-corrected chi connectivity index (χ3v) is 6.22. The fourth-order valence-electron chi connectivity index (χ4n) is 4.16. The van der Waals surface area contributed by atoms with E-state index in [-0.39, 0.29) is 11.8 Å². The number of hydrogen-bond acceptors (Lipinski definition) is 3. The molecule has 4 rings (SSSR count). The summed E-state index contributed by atoms with van der Waals surface area (Å²) in [5.74, 6) is 0.797. The number of alkyl halides is 3. The van der Waals surface area contributed by atoms with Gasteiger partial charge in [0, 0.05) is 24.7 Å². The molecule has 0 bridgehead atoms. The molecule has 1 saturated carbocycles. The second-order valence-corrected chi connectivity index (χ2v) is 8.78. The van der Waals surface area contributed by atoms with E-state index in [0.717, 1.165) is 61.6 Å². The molecule has 0 atom stereocenters. The van der Waals surface area contributed by atoms with Crippen molar-refractivity contribution < 1.29 is 18.0 Å². The standard InChI is InChI=1S/C24H28F3N3O/c1-16-2-9-21(23(31)28-14-17-3-4-17)22(29-16)19-10-12-30(13-11-19)15-18-5-7-20(8-6-18)24(25,26)27/h2,5-9,17,19H,3-4,10-15H2,1H3,(H,28,31). The van der Waals surface area contributed by atoms with Gasteiger partial charge < -0.3 is 5.32 Å². The Morgan fingerprint density at radius 2 is 1.74 bits per heavy atom. The topological polar surface area (TPSA) is 45.2 Å². The Kier molecular flexibility index (Phi) is 6.32. The molecule has 166 valence electrons. The molecule has 0 radical (unpaired) electrons. The number of carbonyl (C=O) groups is 1. The van der Waals surface area contributed by atoms with Crippen molar-refractivity contribution in [1.82, 2.24) is 15.2 Å². The number of halogens is 3. The van der Waals surface area contributed by atoms with Crippen LogP contribution in [0, 0.1) is 12.8 Å². The first-order chi connectivity index (χ1) is 14.8. The molecular formula is C24H28F3N3O. The largest absolute Gasteiger partial charge is 0.416 e. The van der Waals surface area contributed by atoms with Gasteiger partial charge in [0.2, 0.25) is 0 Å². The number of piperidine rings is 1. The summed E-state index contributed by atoms with van der Waals surface area (Å²) in [4.78, 5) is 19.7. The van der Waals surface area contributed by atoms with Crippen molar-refractivity contribution in [1.29, 1.82) is 0 Å². The van der Waals surface area contributed by atoms with Crippen LogP contribution in [0.15, 0.2) is 36.4 Å². The van der Waals surface area contributed by atoms with Gasteiger partial charge in [0.25, 0.3) is 5.91 Å². The molecule has 2 heterocycles. The number of aryl methyl sites for hydroxylation is 1. The summed E-state index contributed by atoms with van der Waals surface area (Å²) in [6.45, 7) is 4.95. The molecule has 0 spiro atoms. The van der Waals surface area contributed by atoms with Crippen molar-refractivity contribution in [2.24, 2.45) is 5.92 Å².